The molecule has 10 aromatic rings. The van der Waals surface area contributed by atoms with Gasteiger partial charge in [0, 0.05) is 41.6 Å². The van der Waals surface area contributed by atoms with Crippen molar-refractivity contribution in [2.24, 2.45) is 14.1 Å². The molecule has 0 saturated heterocycles. The van der Waals surface area contributed by atoms with Crippen LogP contribution < -0.4 is 5.69 Å². The average molecular weight is 685 g/mol. The molecule has 0 aliphatic heterocycles. The first-order valence-electron chi connectivity index (χ1n) is 17.6. The maximum Gasteiger partial charge on any atom is 0.328 e. The molecule has 0 aliphatic rings. The van der Waals surface area contributed by atoms with Crippen LogP contribution >= 0.6 is 0 Å². The van der Waals surface area contributed by atoms with Gasteiger partial charge in [-0.25, -0.2) is 14.8 Å². The third kappa shape index (κ3) is 5.23. The molecule has 0 atom stereocenters. The first-order chi connectivity index (χ1) is 26.0. The Labute approximate surface area is 304 Å². The zero-order valence-corrected chi connectivity index (χ0v) is 29.1. The van der Waals surface area contributed by atoms with E-state index in [1.165, 1.54) is 10.8 Å². The molecule has 0 N–H and O–H groups in total. The average Bonchev–Trinajstić information content (AvgIpc) is 3.68. The molecule has 3 heterocycles. The van der Waals surface area contributed by atoms with Crippen molar-refractivity contribution >= 4 is 43.7 Å². The molecular formula is C47H32N4O2. The second kappa shape index (κ2) is 12.0. The van der Waals surface area contributed by atoms with Crippen LogP contribution in [0.3, 0.4) is 0 Å². The third-order valence-corrected chi connectivity index (χ3v) is 10.4. The lowest BCUT2D eigenvalue weighted by molar-refractivity contribution is 0.669. The number of furan rings is 1. The minimum Gasteiger partial charge on any atom is -0.456 e. The van der Waals surface area contributed by atoms with Crippen LogP contribution in [-0.4, -0.2) is 19.1 Å². The van der Waals surface area contributed by atoms with Crippen molar-refractivity contribution in [2.75, 3.05) is 0 Å². The van der Waals surface area contributed by atoms with Gasteiger partial charge in [0.25, 0.3) is 0 Å². The molecule has 6 nitrogen and oxygen atoms in total. The van der Waals surface area contributed by atoms with E-state index in [0.29, 0.717) is 5.82 Å². The summed E-state index contributed by atoms with van der Waals surface area (Å²) in [6.07, 6.45) is 0. The van der Waals surface area contributed by atoms with E-state index < -0.39 is 0 Å². The molecule has 0 bridgehead atoms. The fourth-order valence-electron chi connectivity index (χ4n) is 7.48. The largest absolute Gasteiger partial charge is 0.456 e. The Balaban J connectivity index is 1.04. The number of hydrogen-bond donors (Lipinski definition) is 0. The van der Waals surface area contributed by atoms with Crippen molar-refractivity contribution in [3.63, 3.8) is 0 Å². The summed E-state index contributed by atoms with van der Waals surface area (Å²) in [6.45, 7) is 0. The lowest BCUT2D eigenvalue weighted by atomic mass is 9.98. The number of hydrogen-bond acceptors (Lipinski definition) is 4. The molecular weight excluding hydrogens is 653 g/mol. The van der Waals surface area contributed by atoms with Crippen molar-refractivity contribution in [1.29, 1.82) is 0 Å². The van der Waals surface area contributed by atoms with Crippen LogP contribution in [0.1, 0.15) is 0 Å². The highest BCUT2D eigenvalue weighted by Gasteiger charge is 2.15. The number of rotatable bonds is 5. The second-order valence-electron chi connectivity index (χ2n) is 13.6. The predicted octanol–water partition coefficient (Wildman–Crippen LogP) is 11.1. The lowest BCUT2D eigenvalue weighted by Gasteiger charge is -2.11. The monoisotopic (exact) mass is 684 g/mol. The van der Waals surface area contributed by atoms with Gasteiger partial charge in [-0.1, -0.05) is 109 Å². The molecule has 0 saturated carbocycles. The molecule has 3 aromatic heterocycles. The van der Waals surface area contributed by atoms with Crippen LogP contribution in [0.4, 0.5) is 0 Å². The van der Waals surface area contributed by atoms with Gasteiger partial charge in [-0.05, 0) is 81.6 Å². The van der Waals surface area contributed by atoms with Crippen LogP contribution in [0, 0.1) is 0 Å². The second-order valence-corrected chi connectivity index (χ2v) is 13.6. The molecule has 10 rings (SSSR count). The maximum atomic E-state index is 12.5. The van der Waals surface area contributed by atoms with Gasteiger partial charge in [0.15, 0.2) is 5.82 Å². The van der Waals surface area contributed by atoms with E-state index in [9.17, 15) is 4.79 Å². The summed E-state index contributed by atoms with van der Waals surface area (Å²) in [4.78, 5) is 22.7. The minimum absolute atomic E-state index is 0.0340. The Bertz CT molecular complexity index is 3100. The molecule has 0 fully saturated rings. The summed E-state index contributed by atoms with van der Waals surface area (Å²) >= 11 is 0. The van der Waals surface area contributed by atoms with Gasteiger partial charge in [0.05, 0.1) is 22.4 Å². The van der Waals surface area contributed by atoms with Gasteiger partial charge >= 0.3 is 5.69 Å². The third-order valence-electron chi connectivity index (χ3n) is 10.4. The Hall–Kier alpha value is -7.05. The van der Waals surface area contributed by atoms with Crippen molar-refractivity contribution in [1.82, 2.24) is 19.1 Å². The number of nitrogens with zero attached hydrogens (tertiary/aromatic N) is 4. The Morgan fingerprint density at radius 3 is 1.83 bits per heavy atom. The molecule has 252 valence electrons. The van der Waals surface area contributed by atoms with E-state index in [4.69, 9.17) is 14.4 Å². The topological polar surface area (TPSA) is 65.8 Å². The van der Waals surface area contributed by atoms with Crippen molar-refractivity contribution in [3.05, 3.63) is 168 Å². The van der Waals surface area contributed by atoms with E-state index in [1.54, 1.807) is 16.2 Å². The van der Waals surface area contributed by atoms with Crippen LogP contribution in [0.15, 0.2) is 167 Å². The summed E-state index contributed by atoms with van der Waals surface area (Å²) in [7, 11) is 3.61. The SMILES string of the molecule is Cn1c(=O)n(C)c2cc(-c3ccc(-c4cc(-c5cccc(-c6ccc7oc8cc9ccccc9cc8c7c6)c5)nc(-c5ccccc5)n4)cc3)ccc21. The number of aryl methyl sites for hydroxylation is 2. The maximum absolute atomic E-state index is 12.5. The van der Waals surface area contributed by atoms with E-state index in [1.807, 2.05) is 43.4 Å². The highest BCUT2D eigenvalue weighted by Crippen LogP contribution is 2.36. The minimum atomic E-state index is -0.0340. The van der Waals surface area contributed by atoms with Gasteiger partial charge in [0.1, 0.15) is 11.2 Å². The Morgan fingerprint density at radius 2 is 1.02 bits per heavy atom. The van der Waals surface area contributed by atoms with Gasteiger partial charge in [-0.3, -0.25) is 9.13 Å². The first kappa shape index (κ1) is 30.7. The number of imidazole rings is 1. The van der Waals surface area contributed by atoms with E-state index >= 15 is 0 Å². The predicted molar refractivity (Wildman–Crippen MR) is 216 cm³/mol. The summed E-state index contributed by atoms with van der Waals surface area (Å²) in [5.41, 5.74) is 12.5. The molecule has 6 heteroatoms. The molecule has 0 amide bonds. The molecule has 0 radical (unpaired) electrons. The summed E-state index contributed by atoms with van der Waals surface area (Å²) < 4.78 is 9.65. The highest BCUT2D eigenvalue weighted by molar-refractivity contribution is 6.11. The fraction of sp³-hybridized carbons (Fsp3) is 0.0426. The van der Waals surface area contributed by atoms with Crippen LogP contribution in [0.25, 0.3) is 99.9 Å². The van der Waals surface area contributed by atoms with Crippen molar-refractivity contribution in [3.8, 4) is 56.2 Å². The first-order valence-corrected chi connectivity index (χ1v) is 17.6. The normalized spacial score (nSPS) is 11.7. The van der Waals surface area contributed by atoms with E-state index in [2.05, 4.69) is 121 Å². The molecule has 0 unspecified atom stereocenters. The van der Waals surface area contributed by atoms with E-state index in [0.717, 1.165) is 83.3 Å². The van der Waals surface area contributed by atoms with Crippen molar-refractivity contribution < 1.29 is 4.42 Å². The van der Waals surface area contributed by atoms with Crippen molar-refractivity contribution in [2.45, 2.75) is 0 Å². The van der Waals surface area contributed by atoms with Gasteiger partial charge < -0.3 is 4.42 Å². The fourth-order valence-corrected chi connectivity index (χ4v) is 7.48. The smallest absolute Gasteiger partial charge is 0.328 e. The summed E-state index contributed by atoms with van der Waals surface area (Å²) in [5.74, 6) is 0.668. The number of benzene rings is 7. The Kier molecular flexibility index (Phi) is 6.98. The highest BCUT2D eigenvalue weighted by atomic mass is 16.3. The van der Waals surface area contributed by atoms with Gasteiger partial charge in [-0.15, -0.1) is 0 Å². The molecule has 7 aromatic carbocycles. The van der Waals surface area contributed by atoms with Crippen LogP contribution in [0.2, 0.25) is 0 Å². The van der Waals surface area contributed by atoms with Crippen LogP contribution in [-0.2, 0) is 14.1 Å². The number of aromatic nitrogens is 4. The van der Waals surface area contributed by atoms with Gasteiger partial charge in [0.2, 0.25) is 0 Å². The molecule has 0 aliphatic carbocycles. The standard InChI is InChI=1S/C47H32N4O2/c1-50-42-21-19-36(26-43(42)51(2)47(50)52)29-15-17-30(18-16-29)40-28-41(49-46(48-40)31-9-4-3-5-10-31)37-14-8-13-32(23-37)35-20-22-44-38(25-35)39-24-33-11-6-7-12-34(33)27-45(39)53-44/h3-28H,1-2H3. The van der Waals surface area contributed by atoms with Gasteiger partial charge in [-0.2, -0.15) is 0 Å². The zero-order valence-electron chi connectivity index (χ0n) is 29.1. The van der Waals surface area contributed by atoms with Crippen LogP contribution in [0.5, 0.6) is 0 Å². The Morgan fingerprint density at radius 1 is 0.434 bits per heavy atom. The molecule has 53 heavy (non-hydrogen) atoms. The summed E-state index contributed by atoms with van der Waals surface area (Å²) in [6, 6.07) is 54.5. The van der Waals surface area contributed by atoms with E-state index in [-0.39, 0.29) is 5.69 Å². The molecule has 0 spiro atoms. The quantitative estimate of drug-likeness (QED) is 0.181. The lowest BCUT2D eigenvalue weighted by Crippen LogP contribution is -2.19. The number of fused-ring (bicyclic) bond motifs is 5. The summed E-state index contributed by atoms with van der Waals surface area (Å²) in [5, 5.41) is 4.57. The zero-order chi connectivity index (χ0) is 35.6.